The Balaban J connectivity index is 2.93. The van der Waals surface area contributed by atoms with Crippen LogP contribution in [0.1, 0.15) is 11.7 Å². The molecule has 0 aliphatic rings. The molecule has 2 nitrogen and oxygen atoms in total. The summed E-state index contributed by atoms with van der Waals surface area (Å²) in [6.45, 7) is 3.50. The molecule has 0 saturated heterocycles. The summed E-state index contributed by atoms with van der Waals surface area (Å²) in [5, 5.41) is 9.38. The van der Waals surface area contributed by atoms with Gasteiger partial charge in [0.05, 0.1) is 13.2 Å². The summed E-state index contributed by atoms with van der Waals surface area (Å²) in [7, 11) is 1.60. The molecule has 0 aromatic heterocycles. The number of methoxy groups -OCH3 is 1. The maximum Gasteiger partial charge on any atom is 0.119 e. The second-order valence-corrected chi connectivity index (χ2v) is 2.46. The molecule has 1 aromatic rings. The van der Waals surface area contributed by atoms with Crippen LogP contribution in [0.3, 0.4) is 0 Å². The van der Waals surface area contributed by atoms with Crippen molar-refractivity contribution in [2.24, 2.45) is 0 Å². The zero-order chi connectivity index (χ0) is 8.97. The van der Waals surface area contributed by atoms with Gasteiger partial charge in [-0.3, -0.25) is 0 Å². The fourth-order valence-electron chi connectivity index (χ4n) is 0.962. The lowest BCUT2D eigenvalue weighted by Crippen LogP contribution is -1.92. The van der Waals surface area contributed by atoms with E-state index in [-0.39, 0.29) is 0 Å². The largest absolute Gasteiger partial charge is 0.497 e. The summed E-state index contributed by atoms with van der Waals surface area (Å²) >= 11 is 0. The van der Waals surface area contributed by atoms with Crippen molar-refractivity contribution < 1.29 is 9.84 Å². The second-order valence-electron chi connectivity index (χ2n) is 2.46. The quantitative estimate of drug-likeness (QED) is 0.691. The minimum atomic E-state index is -0.611. The Morgan fingerprint density at radius 2 is 2.33 bits per heavy atom. The van der Waals surface area contributed by atoms with Crippen LogP contribution in [0.4, 0.5) is 0 Å². The SMILES string of the molecule is C=CC(O)c1cccc(OC)c1. The Bertz CT molecular complexity index is 268. The standard InChI is InChI=1S/C10H12O2/c1-3-10(11)8-5-4-6-9(7-8)12-2/h3-7,10-11H,1H2,2H3. The van der Waals surface area contributed by atoms with E-state index in [1.165, 1.54) is 6.08 Å². The first-order valence-electron chi connectivity index (χ1n) is 3.72. The molecule has 1 unspecified atom stereocenters. The fraction of sp³-hybridized carbons (Fsp3) is 0.200. The lowest BCUT2D eigenvalue weighted by atomic mass is 10.1. The average Bonchev–Trinajstić information content (AvgIpc) is 2.17. The van der Waals surface area contributed by atoms with Gasteiger partial charge in [0.1, 0.15) is 5.75 Å². The molecule has 1 atom stereocenters. The van der Waals surface area contributed by atoms with E-state index in [4.69, 9.17) is 4.74 Å². The van der Waals surface area contributed by atoms with E-state index < -0.39 is 6.10 Å². The first kappa shape index (κ1) is 8.81. The third-order valence-corrected chi connectivity index (χ3v) is 1.66. The van der Waals surface area contributed by atoms with E-state index in [0.717, 1.165) is 11.3 Å². The first-order valence-corrected chi connectivity index (χ1v) is 3.72. The number of rotatable bonds is 3. The van der Waals surface area contributed by atoms with Gasteiger partial charge >= 0.3 is 0 Å². The highest BCUT2D eigenvalue weighted by Gasteiger charge is 2.02. The topological polar surface area (TPSA) is 29.5 Å². The molecule has 0 aliphatic heterocycles. The van der Waals surface area contributed by atoms with Gasteiger partial charge in [-0.05, 0) is 17.7 Å². The highest BCUT2D eigenvalue weighted by molar-refractivity contribution is 5.31. The summed E-state index contributed by atoms with van der Waals surface area (Å²) in [5.74, 6) is 0.744. The molecule has 1 rings (SSSR count). The maximum atomic E-state index is 9.38. The molecule has 64 valence electrons. The molecule has 2 heteroatoms. The minimum Gasteiger partial charge on any atom is -0.497 e. The number of ether oxygens (including phenoxy) is 1. The van der Waals surface area contributed by atoms with Crippen LogP contribution >= 0.6 is 0 Å². The van der Waals surface area contributed by atoms with E-state index in [9.17, 15) is 5.11 Å². The molecule has 12 heavy (non-hydrogen) atoms. The second kappa shape index (κ2) is 3.93. The highest BCUT2D eigenvalue weighted by atomic mass is 16.5. The number of hydrogen-bond donors (Lipinski definition) is 1. The van der Waals surface area contributed by atoms with Crippen LogP contribution in [-0.2, 0) is 0 Å². The van der Waals surface area contributed by atoms with E-state index in [1.54, 1.807) is 13.2 Å². The summed E-state index contributed by atoms with van der Waals surface area (Å²) in [6, 6.07) is 7.28. The third-order valence-electron chi connectivity index (χ3n) is 1.66. The van der Waals surface area contributed by atoms with Gasteiger partial charge in [-0.25, -0.2) is 0 Å². The lowest BCUT2D eigenvalue weighted by molar-refractivity contribution is 0.228. The van der Waals surface area contributed by atoms with Gasteiger partial charge in [-0.15, -0.1) is 6.58 Å². The Kier molecular flexibility index (Phi) is 2.88. The third kappa shape index (κ3) is 1.86. The molecular formula is C10H12O2. The van der Waals surface area contributed by atoms with Gasteiger partial charge in [-0.2, -0.15) is 0 Å². The number of hydrogen-bond acceptors (Lipinski definition) is 2. The van der Waals surface area contributed by atoms with Crippen molar-refractivity contribution in [3.63, 3.8) is 0 Å². The Labute approximate surface area is 72.1 Å². The lowest BCUT2D eigenvalue weighted by Gasteiger charge is -2.06. The summed E-state index contributed by atoms with van der Waals surface area (Å²) in [6.07, 6.45) is 0.870. The molecule has 0 radical (unpaired) electrons. The van der Waals surface area contributed by atoms with Crippen molar-refractivity contribution in [2.45, 2.75) is 6.10 Å². The summed E-state index contributed by atoms with van der Waals surface area (Å²) in [5.41, 5.74) is 0.796. The zero-order valence-electron chi connectivity index (χ0n) is 7.03. The van der Waals surface area contributed by atoms with E-state index in [2.05, 4.69) is 6.58 Å². The van der Waals surface area contributed by atoms with Crippen LogP contribution in [-0.4, -0.2) is 12.2 Å². The Morgan fingerprint density at radius 3 is 2.92 bits per heavy atom. The number of benzene rings is 1. The van der Waals surface area contributed by atoms with Gasteiger partial charge in [0.15, 0.2) is 0 Å². The van der Waals surface area contributed by atoms with Gasteiger partial charge in [-0.1, -0.05) is 18.2 Å². The van der Waals surface area contributed by atoms with Gasteiger partial charge in [0.2, 0.25) is 0 Å². The predicted molar refractivity (Wildman–Crippen MR) is 48.2 cm³/mol. The van der Waals surface area contributed by atoms with Crippen LogP contribution < -0.4 is 4.74 Å². The van der Waals surface area contributed by atoms with Gasteiger partial charge < -0.3 is 9.84 Å². The highest BCUT2D eigenvalue weighted by Crippen LogP contribution is 2.19. The number of aliphatic hydroxyl groups is 1. The fourth-order valence-corrected chi connectivity index (χ4v) is 0.962. The molecule has 1 aromatic carbocycles. The van der Waals surface area contributed by atoms with Crippen molar-refractivity contribution >= 4 is 0 Å². The molecule has 0 spiro atoms. The number of aliphatic hydroxyl groups excluding tert-OH is 1. The average molecular weight is 164 g/mol. The van der Waals surface area contributed by atoms with Gasteiger partial charge in [0, 0.05) is 0 Å². The van der Waals surface area contributed by atoms with E-state index in [1.807, 2.05) is 18.2 Å². The molecule has 0 fully saturated rings. The molecule has 0 aliphatic carbocycles. The van der Waals surface area contributed by atoms with E-state index >= 15 is 0 Å². The van der Waals surface area contributed by atoms with Crippen molar-refractivity contribution in [2.75, 3.05) is 7.11 Å². The summed E-state index contributed by atoms with van der Waals surface area (Å²) < 4.78 is 5.00. The predicted octanol–water partition coefficient (Wildman–Crippen LogP) is 1.91. The van der Waals surface area contributed by atoms with Crippen LogP contribution in [0.25, 0.3) is 0 Å². The zero-order valence-corrected chi connectivity index (χ0v) is 7.03. The van der Waals surface area contributed by atoms with Crippen molar-refractivity contribution in [3.8, 4) is 5.75 Å². The Hall–Kier alpha value is -1.28. The summed E-state index contributed by atoms with van der Waals surface area (Å²) in [4.78, 5) is 0. The molecule has 0 saturated carbocycles. The molecule has 1 N–H and O–H groups in total. The Morgan fingerprint density at radius 1 is 1.58 bits per heavy atom. The van der Waals surface area contributed by atoms with Crippen LogP contribution in [0, 0.1) is 0 Å². The van der Waals surface area contributed by atoms with Gasteiger partial charge in [0.25, 0.3) is 0 Å². The van der Waals surface area contributed by atoms with Crippen molar-refractivity contribution in [1.82, 2.24) is 0 Å². The van der Waals surface area contributed by atoms with Crippen molar-refractivity contribution in [3.05, 3.63) is 42.5 Å². The monoisotopic (exact) mass is 164 g/mol. The van der Waals surface area contributed by atoms with Crippen LogP contribution in [0.5, 0.6) is 5.75 Å². The van der Waals surface area contributed by atoms with E-state index in [0.29, 0.717) is 0 Å². The molecule has 0 heterocycles. The molecule has 0 amide bonds. The van der Waals surface area contributed by atoms with Crippen LogP contribution in [0.2, 0.25) is 0 Å². The minimum absolute atomic E-state index is 0.611. The smallest absolute Gasteiger partial charge is 0.119 e. The van der Waals surface area contributed by atoms with Crippen molar-refractivity contribution in [1.29, 1.82) is 0 Å². The molecular weight excluding hydrogens is 152 g/mol. The first-order chi connectivity index (χ1) is 5.77. The maximum absolute atomic E-state index is 9.38. The normalized spacial score (nSPS) is 12.2. The molecule has 0 bridgehead atoms. The van der Waals surface area contributed by atoms with Crippen LogP contribution in [0.15, 0.2) is 36.9 Å².